The summed E-state index contributed by atoms with van der Waals surface area (Å²) in [5, 5.41) is 3.07. The Hall–Kier alpha value is -1.95. The summed E-state index contributed by atoms with van der Waals surface area (Å²) in [4.78, 5) is 10.4. The van der Waals surface area contributed by atoms with Crippen molar-refractivity contribution >= 4 is 23.0 Å². The van der Waals surface area contributed by atoms with Crippen LogP contribution < -0.4 is 22.5 Å². The first-order valence-corrected chi connectivity index (χ1v) is 4.84. The number of nitrogens with two attached hydrogens (primary N) is 3. The number of carbonyl (C=O) groups excluding carboxylic acids is 1. The Morgan fingerprint density at radius 2 is 2.06 bits per heavy atom. The number of nitrogen functional groups attached to an aromatic ring is 2. The molecule has 0 unspecified atom stereocenters. The molecule has 1 rings (SSSR count). The highest BCUT2D eigenvalue weighted by Gasteiger charge is 1.97. The van der Waals surface area contributed by atoms with Crippen LogP contribution in [0, 0.1) is 0 Å². The van der Waals surface area contributed by atoms with Crippen molar-refractivity contribution < 1.29 is 9.53 Å². The molecule has 0 spiro atoms. The summed E-state index contributed by atoms with van der Waals surface area (Å²) < 4.78 is 4.98. The van der Waals surface area contributed by atoms with Gasteiger partial charge in [0.15, 0.2) is 0 Å². The van der Waals surface area contributed by atoms with Crippen LogP contribution in [0.5, 0.6) is 0 Å². The fraction of sp³-hybridized carbons (Fsp3) is 0.300. The van der Waals surface area contributed by atoms with Crippen LogP contribution in [0.2, 0.25) is 0 Å². The number of rotatable bonds is 6. The molecular formula is C10H16N4O2. The number of hydrogen-bond acceptors (Lipinski definition) is 5. The molecule has 0 aliphatic rings. The van der Waals surface area contributed by atoms with Crippen molar-refractivity contribution in [3.05, 3.63) is 18.2 Å². The van der Waals surface area contributed by atoms with Crippen LogP contribution in [0.4, 0.5) is 17.1 Å². The lowest BCUT2D eigenvalue weighted by Gasteiger charge is -2.08. The van der Waals surface area contributed by atoms with Crippen LogP contribution in [0.15, 0.2) is 18.2 Å². The highest BCUT2D eigenvalue weighted by atomic mass is 16.5. The van der Waals surface area contributed by atoms with Gasteiger partial charge in [-0.2, -0.15) is 0 Å². The third kappa shape index (κ3) is 4.05. The van der Waals surface area contributed by atoms with Gasteiger partial charge in [0.05, 0.1) is 18.0 Å². The first-order valence-electron chi connectivity index (χ1n) is 4.84. The van der Waals surface area contributed by atoms with E-state index in [0.717, 1.165) is 5.69 Å². The lowest BCUT2D eigenvalue weighted by Crippen LogP contribution is -2.20. The summed E-state index contributed by atoms with van der Waals surface area (Å²) in [5.74, 6) is -0.475. The Morgan fingerprint density at radius 3 is 2.69 bits per heavy atom. The molecule has 16 heavy (non-hydrogen) atoms. The maximum absolute atomic E-state index is 10.4. The van der Waals surface area contributed by atoms with E-state index in [2.05, 4.69) is 5.32 Å². The first-order chi connectivity index (χ1) is 7.59. The van der Waals surface area contributed by atoms with Gasteiger partial charge in [-0.1, -0.05) is 0 Å². The summed E-state index contributed by atoms with van der Waals surface area (Å²) in [6.45, 7) is 0.898. The SMILES string of the molecule is NC(=O)COCCNc1ccc(N)c(N)c1. The summed E-state index contributed by atoms with van der Waals surface area (Å²) in [6.07, 6.45) is 0. The second-order valence-corrected chi connectivity index (χ2v) is 3.29. The molecule has 1 aromatic rings. The van der Waals surface area contributed by atoms with E-state index in [4.69, 9.17) is 21.9 Å². The van der Waals surface area contributed by atoms with Gasteiger partial charge in [0.1, 0.15) is 6.61 Å². The number of benzene rings is 1. The van der Waals surface area contributed by atoms with Gasteiger partial charge in [-0.3, -0.25) is 4.79 Å². The highest BCUT2D eigenvalue weighted by Crippen LogP contribution is 2.19. The molecule has 0 fully saturated rings. The highest BCUT2D eigenvalue weighted by molar-refractivity contribution is 5.75. The number of primary amides is 1. The van der Waals surface area contributed by atoms with Crippen molar-refractivity contribution in [2.45, 2.75) is 0 Å². The number of amides is 1. The van der Waals surface area contributed by atoms with Crippen LogP contribution in [-0.4, -0.2) is 25.7 Å². The van der Waals surface area contributed by atoms with Crippen LogP contribution in [0.3, 0.4) is 0 Å². The second kappa shape index (κ2) is 5.82. The third-order valence-electron chi connectivity index (χ3n) is 1.91. The van der Waals surface area contributed by atoms with Crippen molar-refractivity contribution in [1.29, 1.82) is 0 Å². The van der Waals surface area contributed by atoms with E-state index in [1.165, 1.54) is 0 Å². The molecule has 0 saturated carbocycles. The predicted molar refractivity (Wildman–Crippen MR) is 63.8 cm³/mol. The van der Waals surface area contributed by atoms with E-state index >= 15 is 0 Å². The largest absolute Gasteiger partial charge is 0.397 e. The Labute approximate surface area is 93.7 Å². The van der Waals surface area contributed by atoms with E-state index in [1.807, 2.05) is 6.07 Å². The minimum atomic E-state index is -0.475. The molecule has 1 amide bonds. The lowest BCUT2D eigenvalue weighted by molar-refractivity contribution is -0.122. The number of anilines is 3. The molecule has 0 radical (unpaired) electrons. The first kappa shape index (κ1) is 12.1. The molecular weight excluding hydrogens is 208 g/mol. The Bertz CT molecular complexity index is 368. The fourth-order valence-corrected chi connectivity index (χ4v) is 1.13. The molecule has 0 aliphatic carbocycles. The maximum atomic E-state index is 10.4. The average Bonchev–Trinajstić information content (AvgIpc) is 2.22. The summed E-state index contributed by atoms with van der Waals surface area (Å²) in [5.41, 5.74) is 18.0. The van der Waals surface area contributed by atoms with Gasteiger partial charge in [-0.05, 0) is 18.2 Å². The van der Waals surface area contributed by atoms with E-state index in [9.17, 15) is 4.79 Å². The lowest BCUT2D eigenvalue weighted by atomic mass is 10.2. The zero-order valence-corrected chi connectivity index (χ0v) is 8.90. The maximum Gasteiger partial charge on any atom is 0.243 e. The molecule has 6 nitrogen and oxygen atoms in total. The summed E-state index contributed by atoms with van der Waals surface area (Å²) in [6, 6.07) is 5.28. The van der Waals surface area contributed by atoms with Gasteiger partial charge >= 0.3 is 0 Å². The second-order valence-electron chi connectivity index (χ2n) is 3.29. The Balaban J connectivity index is 2.27. The molecule has 6 heteroatoms. The molecule has 88 valence electrons. The van der Waals surface area contributed by atoms with E-state index in [-0.39, 0.29) is 6.61 Å². The van der Waals surface area contributed by atoms with Crippen molar-refractivity contribution in [2.24, 2.45) is 5.73 Å². The molecule has 0 heterocycles. The standard InChI is InChI=1S/C10H16N4O2/c11-8-2-1-7(5-9(8)12)14-3-4-16-6-10(13)15/h1-2,5,14H,3-4,6,11-12H2,(H2,13,15). The van der Waals surface area contributed by atoms with Crippen LogP contribution >= 0.6 is 0 Å². The Kier molecular flexibility index (Phi) is 4.41. The normalized spacial score (nSPS) is 10.0. The van der Waals surface area contributed by atoms with Crippen molar-refractivity contribution in [3.8, 4) is 0 Å². The quantitative estimate of drug-likeness (QED) is 0.393. The van der Waals surface area contributed by atoms with Gasteiger partial charge in [-0.25, -0.2) is 0 Å². The average molecular weight is 224 g/mol. The minimum Gasteiger partial charge on any atom is -0.397 e. The third-order valence-corrected chi connectivity index (χ3v) is 1.91. The molecule has 0 atom stereocenters. The van der Waals surface area contributed by atoms with Gasteiger partial charge in [0.2, 0.25) is 5.91 Å². The molecule has 7 N–H and O–H groups in total. The Morgan fingerprint density at radius 1 is 1.31 bits per heavy atom. The number of carbonyl (C=O) groups is 1. The van der Waals surface area contributed by atoms with Crippen LogP contribution in [-0.2, 0) is 9.53 Å². The van der Waals surface area contributed by atoms with Gasteiger partial charge < -0.3 is 27.3 Å². The number of nitrogens with one attached hydrogen (secondary N) is 1. The summed E-state index contributed by atoms with van der Waals surface area (Å²) in [7, 11) is 0. The molecule has 0 aliphatic heterocycles. The molecule has 1 aromatic carbocycles. The van der Waals surface area contributed by atoms with E-state index < -0.39 is 5.91 Å². The fourth-order valence-electron chi connectivity index (χ4n) is 1.13. The number of hydrogen-bond donors (Lipinski definition) is 4. The molecule has 0 bridgehead atoms. The van der Waals surface area contributed by atoms with E-state index in [0.29, 0.717) is 24.5 Å². The van der Waals surface area contributed by atoms with Gasteiger partial charge in [-0.15, -0.1) is 0 Å². The predicted octanol–water partition coefficient (Wildman–Crippen LogP) is -0.235. The number of ether oxygens (including phenoxy) is 1. The molecule has 0 aromatic heterocycles. The van der Waals surface area contributed by atoms with E-state index in [1.54, 1.807) is 12.1 Å². The zero-order valence-electron chi connectivity index (χ0n) is 8.90. The minimum absolute atomic E-state index is 0.0639. The smallest absolute Gasteiger partial charge is 0.243 e. The monoisotopic (exact) mass is 224 g/mol. The zero-order chi connectivity index (χ0) is 12.0. The topological polar surface area (TPSA) is 116 Å². The molecule has 0 saturated heterocycles. The van der Waals surface area contributed by atoms with Crippen LogP contribution in [0.1, 0.15) is 0 Å². The van der Waals surface area contributed by atoms with Crippen molar-refractivity contribution in [3.63, 3.8) is 0 Å². The van der Waals surface area contributed by atoms with Crippen molar-refractivity contribution in [2.75, 3.05) is 36.5 Å². The van der Waals surface area contributed by atoms with Gasteiger partial charge in [0, 0.05) is 12.2 Å². The van der Waals surface area contributed by atoms with Crippen molar-refractivity contribution in [1.82, 2.24) is 0 Å². The van der Waals surface area contributed by atoms with Gasteiger partial charge in [0.25, 0.3) is 0 Å². The van der Waals surface area contributed by atoms with Crippen LogP contribution in [0.25, 0.3) is 0 Å². The summed E-state index contributed by atoms with van der Waals surface area (Å²) >= 11 is 0.